The number of nitrogens with one attached hydrogen (secondary N) is 1. The van der Waals surface area contributed by atoms with Gasteiger partial charge in [-0.1, -0.05) is 30.3 Å². The average Bonchev–Trinajstić information content (AvgIpc) is 2.76. The Labute approximate surface area is 179 Å². The van der Waals surface area contributed by atoms with Crippen LogP contribution in [-0.4, -0.2) is 48.9 Å². The maximum absolute atomic E-state index is 11.5. The number of amides is 1. The molecule has 7 heteroatoms. The summed E-state index contributed by atoms with van der Waals surface area (Å²) in [6.45, 7) is 5.12. The Balaban J connectivity index is 1.64. The number of carbonyl (C=O) groups is 1. The molecule has 1 aliphatic heterocycles. The number of aliphatic imine (C=N–C) groups is 1. The second-order valence-electron chi connectivity index (χ2n) is 7.83. The molecule has 3 rings (SSSR count). The predicted molar refractivity (Wildman–Crippen MR) is 121 cm³/mol. The largest absolute Gasteiger partial charge is 0.369 e. The lowest BCUT2D eigenvalue weighted by atomic mass is 9.96. The minimum atomic E-state index is -0.196. The van der Waals surface area contributed by atoms with E-state index in [0.717, 1.165) is 49.8 Å². The standard InChI is InChI=1S/C23H32N6O/c1-17-7-4-5-8-20(17)16-28(3)23(25-2)27-15-19-9-6-12-26-22(19)29-13-10-18(11-14-29)21(24)30/h4-9,12,18H,10-11,13-16H2,1-3H3,(H2,24,30)(H,25,27). The van der Waals surface area contributed by atoms with Gasteiger partial charge in [0.2, 0.25) is 5.91 Å². The van der Waals surface area contributed by atoms with Gasteiger partial charge in [0.15, 0.2) is 5.96 Å². The molecule has 30 heavy (non-hydrogen) atoms. The Kier molecular flexibility index (Phi) is 7.27. The minimum absolute atomic E-state index is 0.0274. The summed E-state index contributed by atoms with van der Waals surface area (Å²) < 4.78 is 0. The van der Waals surface area contributed by atoms with Crippen LogP contribution in [0.1, 0.15) is 29.5 Å². The van der Waals surface area contributed by atoms with Crippen molar-refractivity contribution >= 4 is 17.7 Å². The second kappa shape index (κ2) is 10.1. The van der Waals surface area contributed by atoms with E-state index in [1.165, 1.54) is 11.1 Å². The summed E-state index contributed by atoms with van der Waals surface area (Å²) in [4.78, 5) is 24.9. The molecule has 1 aliphatic rings. The van der Waals surface area contributed by atoms with Gasteiger partial charge in [0, 0.05) is 58.0 Å². The Morgan fingerprint density at radius 2 is 1.93 bits per heavy atom. The zero-order valence-corrected chi connectivity index (χ0v) is 18.1. The molecule has 0 atom stereocenters. The van der Waals surface area contributed by atoms with Crippen molar-refractivity contribution in [2.75, 3.05) is 32.1 Å². The molecule has 0 saturated carbocycles. The van der Waals surface area contributed by atoms with Crippen molar-refractivity contribution in [1.82, 2.24) is 15.2 Å². The van der Waals surface area contributed by atoms with Crippen LogP contribution in [0.3, 0.4) is 0 Å². The first kappa shape index (κ1) is 21.6. The number of hydrogen-bond acceptors (Lipinski definition) is 4. The number of guanidine groups is 1. The SMILES string of the molecule is CN=C(NCc1cccnc1N1CCC(C(N)=O)CC1)N(C)Cc1ccccc1C. The van der Waals surface area contributed by atoms with Crippen molar-refractivity contribution in [3.05, 3.63) is 59.3 Å². The molecule has 2 heterocycles. The summed E-state index contributed by atoms with van der Waals surface area (Å²) in [6, 6.07) is 12.4. The normalized spacial score (nSPS) is 15.2. The summed E-state index contributed by atoms with van der Waals surface area (Å²) in [6.07, 6.45) is 3.37. The van der Waals surface area contributed by atoms with Gasteiger partial charge in [-0.2, -0.15) is 0 Å². The molecular weight excluding hydrogens is 376 g/mol. The van der Waals surface area contributed by atoms with Gasteiger partial charge in [0.05, 0.1) is 0 Å². The maximum atomic E-state index is 11.5. The van der Waals surface area contributed by atoms with E-state index in [0.29, 0.717) is 6.54 Å². The molecule has 1 fully saturated rings. The summed E-state index contributed by atoms with van der Waals surface area (Å²) >= 11 is 0. The number of carbonyl (C=O) groups excluding carboxylic acids is 1. The Morgan fingerprint density at radius 3 is 2.60 bits per heavy atom. The van der Waals surface area contributed by atoms with E-state index in [4.69, 9.17) is 5.73 Å². The number of hydrogen-bond donors (Lipinski definition) is 2. The summed E-state index contributed by atoms with van der Waals surface area (Å²) in [5.74, 6) is 1.57. The summed E-state index contributed by atoms with van der Waals surface area (Å²) in [5.41, 5.74) is 9.13. The van der Waals surface area contributed by atoms with Crippen LogP contribution in [0.15, 0.2) is 47.6 Å². The Bertz CT molecular complexity index is 889. The number of nitrogens with two attached hydrogens (primary N) is 1. The molecule has 0 bridgehead atoms. The van der Waals surface area contributed by atoms with Gasteiger partial charge in [-0.15, -0.1) is 0 Å². The minimum Gasteiger partial charge on any atom is -0.369 e. The molecule has 1 aromatic carbocycles. The lowest BCUT2D eigenvalue weighted by molar-refractivity contribution is -0.122. The van der Waals surface area contributed by atoms with Crippen LogP contribution in [0.4, 0.5) is 5.82 Å². The van der Waals surface area contributed by atoms with Gasteiger partial charge in [-0.25, -0.2) is 4.98 Å². The highest BCUT2D eigenvalue weighted by Gasteiger charge is 2.25. The van der Waals surface area contributed by atoms with Crippen LogP contribution in [0.2, 0.25) is 0 Å². The van der Waals surface area contributed by atoms with Crippen LogP contribution >= 0.6 is 0 Å². The summed E-state index contributed by atoms with van der Waals surface area (Å²) in [5, 5.41) is 3.47. The quantitative estimate of drug-likeness (QED) is 0.566. The van der Waals surface area contributed by atoms with Crippen molar-refractivity contribution in [3.63, 3.8) is 0 Å². The van der Waals surface area contributed by atoms with Crippen molar-refractivity contribution in [1.29, 1.82) is 0 Å². The number of piperidine rings is 1. The number of pyridine rings is 1. The Hall–Kier alpha value is -3.09. The zero-order chi connectivity index (χ0) is 21.5. The average molecular weight is 409 g/mol. The van der Waals surface area contributed by atoms with Crippen molar-refractivity contribution in [3.8, 4) is 0 Å². The number of primary amides is 1. The lowest BCUT2D eigenvalue weighted by Gasteiger charge is -2.32. The van der Waals surface area contributed by atoms with Crippen LogP contribution in [0, 0.1) is 12.8 Å². The van der Waals surface area contributed by atoms with Crippen LogP contribution in [-0.2, 0) is 17.9 Å². The first-order chi connectivity index (χ1) is 14.5. The molecule has 1 amide bonds. The van der Waals surface area contributed by atoms with E-state index >= 15 is 0 Å². The van der Waals surface area contributed by atoms with Crippen LogP contribution in [0.25, 0.3) is 0 Å². The van der Waals surface area contributed by atoms with E-state index in [-0.39, 0.29) is 11.8 Å². The van der Waals surface area contributed by atoms with Gasteiger partial charge in [0.25, 0.3) is 0 Å². The van der Waals surface area contributed by atoms with Gasteiger partial charge in [0.1, 0.15) is 5.82 Å². The molecular formula is C23H32N6O. The highest BCUT2D eigenvalue weighted by atomic mass is 16.1. The highest BCUT2D eigenvalue weighted by Crippen LogP contribution is 2.24. The number of anilines is 1. The number of benzene rings is 1. The zero-order valence-electron chi connectivity index (χ0n) is 18.1. The van der Waals surface area contributed by atoms with Crippen LogP contribution in [0.5, 0.6) is 0 Å². The summed E-state index contributed by atoms with van der Waals surface area (Å²) in [7, 11) is 3.84. The van der Waals surface area contributed by atoms with E-state index in [2.05, 4.69) is 62.3 Å². The molecule has 1 saturated heterocycles. The monoisotopic (exact) mass is 408 g/mol. The van der Waals surface area contributed by atoms with E-state index < -0.39 is 0 Å². The predicted octanol–water partition coefficient (Wildman–Crippen LogP) is 2.30. The number of nitrogens with zero attached hydrogens (tertiary/aromatic N) is 4. The van der Waals surface area contributed by atoms with Gasteiger partial charge < -0.3 is 20.9 Å². The number of aromatic nitrogens is 1. The van der Waals surface area contributed by atoms with Gasteiger partial charge >= 0.3 is 0 Å². The molecule has 160 valence electrons. The molecule has 0 aliphatic carbocycles. The maximum Gasteiger partial charge on any atom is 0.220 e. The van der Waals surface area contributed by atoms with Crippen molar-refractivity contribution in [2.45, 2.75) is 32.9 Å². The fourth-order valence-corrected chi connectivity index (χ4v) is 3.91. The van der Waals surface area contributed by atoms with Gasteiger partial charge in [-0.3, -0.25) is 9.79 Å². The molecule has 2 aromatic rings. The van der Waals surface area contributed by atoms with E-state index in [1.54, 1.807) is 7.05 Å². The topological polar surface area (TPSA) is 86.9 Å². The van der Waals surface area contributed by atoms with Gasteiger partial charge in [-0.05, 0) is 37.0 Å². The third-order valence-corrected chi connectivity index (χ3v) is 5.74. The molecule has 3 N–H and O–H groups in total. The number of rotatable bonds is 6. The second-order valence-corrected chi connectivity index (χ2v) is 7.83. The molecule has 0 spiro atoms. The first-order valence-corrected chi connectivity index (χ1v) is 10.4. The molecule has 0 radical (unpaired) electrons. The highest BCUT2D eigenvalue weighted by molar-refractivity contribution is 5.80. The lowest BCUT2D eigenvalue weighted by Crippen LogP contribution is -2.40. The molecule has 0 unspecified atom stereocenters. The fraction of sp³-hybridized carbons (Fsp3) is 0.435. The molecule has 7 nitrogen and oxygen atoms in total. The number of aryl methyl sites for hydroxylation is 1. The Morgan fingerprint density at radius 1 is 1.23 bits per heavy atom. The van der Waals surface area contributed by atoms with Crippen LogP contribution < -0.4 is 16.0 Å². The third-order valence-electron chi connectivity index (χ3n) is 5.74. The smallest absolute Gasteiger partial charge is 0.220 e. The first-order valence-electron chi connectivity index (χ1n) is 10.4. The third kappa shape index (κ3) is 5.28. The van der Waals surface area contributed by atoms with Crippen molar-refractivity contribution in [2.24, 2.45) is 16.6 Å². The molecule has 1 aromatic heterocycles. The van der Waals surface area contributed by atoms with E-state index in [1.807, 2.05) is 19.3 Å². The van der Waals surface area contributed by atoms with Crippen molar-refractivity contribution < 1.29 is 4.79 Å². The fourth-order valence-electron chi connectivity index (χ4n) is 3.91. The van der Waals surface area contributed by atoms with E-state index in [9.17, 15) is 4.79 Å².